The molecule has 0 aliphatic heterocycles. The van der Waals surface area contributed by atoms with E-state index in [1.165, 1.54) is 12.8 Å². The molecule has 0 radical (unpaired) electrons. The maximum absolute atomic E-state index is 11.0. The van der Waals surface area contributed by atoms with Gasteiger partial charge in [-0.1, -0.05) is 62.3 Å². The number of benzene rings is 4. The molecule has 0 saturated heterocycles. The molecular formula is C30H26O2. The van der Waals surface area contributed by atoms with E-state index in [0.717, 1.165) is 62.4 Å². The van der Waals surface area contributed by atoms with Crippen LogP contribution < -0.4 is 4.74 Å². The topological polar surface area (TPSA) is 29.5 Å². The molecule has 0 unspecified atom stereocenters. The summed E-state index contributed by atoms with van der Waals surface area (Å²) in [7, 11) is 0. The Morgan fingerprint density at radius 1 is 0.750 bits per heavy atom. The molecular weight excluding hydrogens is 392 g/mol. The minimum absolute atomic E-state index is 0.204. The number of fused-ring (bicyclic) bond motifs is 2. The van der Waals surface area contributed by atoms with Gasteiger partial charge in [-0.25, -0.2) is 0 Å². The van der Waals surface area contributed by atoms with Gasteiger partial charge in [0.15, 0.2) is 0 Å². The van der Waals surface area contributed by atoms with Crippen molar-refractivity contribution < 1.29 is 9.84 Å². The van der Waals surface area contributed by atoms with Crippen LogP contribution in [0.25, 0.3) is 32.7 Å². The minimum atomic E-state index is 0.204. The largest absolute Gasteiger partial charge is 0.507 e. The normalized spacial score (nSPS) is 10.7. The summed E-state index contributed by atoms with van der Waals surface area (Å²) in [6.45, 7) is 2.83. The summed E-state index contributed by atoms with van der Waals surface area (Å²) in [6, 6.07) is 19.4. The Morgan fingerprint density at radius 2 is 1.38 bits per heavy atom. The molecule has 158 valence electrons. The Bertz CT molecular complexity index is 1370. The van der Waals surface area contributed by atoms with Gasteiger partial charge in [0, 0.05) is 22.3 Å². The van der Waals surface area contributed by atoms with E-state index in [9.17, 15) is 5.11 Å². The minimum Gasteiger partial charge on any atom is -0.507 e. The number of unbranched alkanes of at least 4 members (excludes halogenated alkanes) is 3. The van der Waals surface area contributed by atoms with E-state index in [4.69, 9.17) is 17.6 Å². The van der Waals surface area contributed by atoms with E-state index in [0.29, 0.717) is 6.61 Å². The van der Waals surface area contributed by atoms with Crippen LogP contribution in [0.4, 0.5) is 0 Å². The van der Waals surface area contributed by atoms with Crippen molar-refractivity contribution in [2.75, 3.05) is 6.61 Å². The number of ether oxygens (including phenoxy) is 1. The van der Waals surface area contributed by atoms with Crippen LogP contribution in [0.3, 0.4) is 0 Å². The highest BCUT2D eigenvalue weighted by molar-refractivity contribution is 6.10. The Kier molecular flexibility index (Phi) is 6.34. The summed E-state index contributed by atoms with van der Waals surface area (Å²) in [4.78, 5) is 0. The van der Waals surface area contributed by atoms with Crippen LogP contribution in [0.2, 0.25) is 0 Å². The highest BCUT2D eigenvalue weighted by Crippen LogP contribution is 2.45. The van der Waals surface area contributed by atoms with E-state index in [-0.39, 0.29) is 5.75 Å². The first-order valence-corrected chi connectivity index (χ1v) is 11.0. The summed E-state index contributed by atoms with van der Waals surface area (Å²) in [5.74, 6) is 6.35. The third-order valence-electron chi connectivity index (χ3n) is 5.82. The maximum Gasteiger partial charge on any atom is 0.127 e. The van der Waals surface area contributed by atoms with Crippen molar-refractivity contribution >= 4 is 21.5 Å². The van der Waals surface area contributed by atoms with E-state index < -0.39 is 0 Å². The molecule has 0 fully saturated rings. The maximum atomic E-state index is 11.0. The van der Waals surface area contributed by atoms with Crippen LogP contribution in [0.1, 0.15) is 43.7 Å². The van der Waals surface area contributed by atoms with Gasteiger partial charge in [-0.05, 0) is 64.4 Å². The second-order valence-electron chi connectivity index (χ2n) is 7.97. The molecule has 0 saturated carbocycles. The van der Waals surface area contributed by atoms with Crippen molar-refractivity contribution in [2.24, 2.45) is 0 Å². The molecule has 0 heterocycles. The molecule has 2 nitrogen and oxygen atoms in total. The standard InChI is InChI=1S/C30H26O2/c1-4-7-8-9-18-32-28-17-13-24-20-22(6-3)11-15-26(24)30(28)29-25-14-10-21(5-2)19-23(25)12-16-27(29)31/h2-3,10-17,19-20,31H,4,7-9,18H2,1H3. The third-order valence-corrected chi connectivity index (χ3v) is 5.82. The smallest absolute Gasteiger partial charge is 0.127 e. The molecule has 0 aliphatic carbocycles. The highest BCUT2D eigenvalue weighted by Gasteiger charge is 2.18. The fraction of sp³-hybridized carbons (Fsp3) is 0.200. The van der Waals surface area contributed by atoms with Crippen LogP contribution in [0.15, 0.2) is 60.7 Å². The number of hydrogen-bond acceptors (Lipinski definition) is 2. The second kappa shape index (κ2) is 9.51. The van der Waals surface area contributed by atoms with Gasteiger partial charge in [-0.3, -0.25) is 0 Å². The zero-order valence-electron chi connectivity index (χ0n) is 18.3. The zero-order valence-corrected chi connectivity index (χ0v) is 18.3. The van der Waals surface area contributed by atoms with Crippen LogP contribution >= 0.6 is 0 Å². The third kappa shape index (κ3) is 4.14. The summed E-state index contributed by atoms with van der Waals surface area (Å²) in [5, 5.41) is 14.9. The van der Waals surface area contributed by atoms with Gasteiger partial charge >= 0.3 is 0 Å². The number of phenols is 1. The van der Waals surface area contributed by atoms with Gasteiger partial charge in [-0.2, -0.15) is 0 Å². The van der Waals surface area contributed by atoms with Gasteiger partial charge in [0.05, 0.1) is 6.61 Å². The summed E-state index contributed by atoms with van der Waals surface area (Å²) in [6.07, 6.45) is 15.7. The number of rotatable bonds is 7. The van der Waals surface area contributed by atoms with Crippen LogP contribution in [0, 0.1) is 24.7 Å². The Balaban J connectivity index is 1.93. The van der Waals surface area contributed by atoms with E-state index in [1.807, 2.05) is 54.6 Å². The monoisotopic (exact) mass is 418 g/mol. The predicted molar refractivity (Wildman–Crippen MR) is 134 cm³/mol. The summed E-state index contributed by atoms with van der Waals surface area (Å²) < 4.78 is 6.27. The average Bonchev–Trinajstić information content (AvgIpc) is 2.83. The van der Waals surface area contributed by atoms with Crippen molar-refractivity contribution in [3.63, 3.8) is 0 Å². The van der Waals surface area contributed by atoms with Gasteiger partial charge in [0.2, 0.25) is 0 Å². The fourth-order valence-electron chi connectivity index (χ4n) is 4.16. The average molecular weight is 419 g/mol. The van der Waals surface area contributed by atoms with E-state index in [2.05, 4.69) is 18.8 Å². The molecule has 0 spiro atoms. The molecule has 4 rings (SSSR count). The van der Waals surface area contributed by atoms with Crippen LogP contribution in [-0.2, 0) is 0 Å². The Morgan fingerprint density at radius 3 is 2.00 bits per heavy atom. The summed E-state index contributed by atoms with van der Waals surface area (Å²) >= 11 is 0. The molecule has 2 heteroatoms. The number of aromatic hydroxyl groups is 1. The summed E-state index contributed by atoms with van der Waals surface area (Å²) in [5.41, 5.74) is 3.24. The first-order chi connectivity index (χ1) is 15.7. The van der Waals surface area contributed by atoms with Crippen molar-refractivity contribution in [3.05, 3.63) is 71.8 Å². The molecule has 1 N–H and O–H groups in total. The van der Waals surface area contributed by atoms with E-state index >= 15 is 0 Å². The number of terminal acetylenes is 2. The molecule has 4 aromatic rings. The molecule has 4 aromatic carbocycles. The van der Waals surface area contributed by atoms with Gasteiger partial charge < -0.3 is 9.84 Å². The Hall–Kier alpha value is -3.88. The first kappa shape index (κ1) is 21.4. The van der Waals surface area contributed by atoms with Crippen molar-refractivity contribution in [3.8, 4) is 47.3 Å². The van der Waals surface area contributed by atoms with Crippen molar-refractivity contribution in [2.45, 2.75) is 32.6 Å². The quantitative estimate of drug-likeness (QED) is 0.252. The molecule has 0 amide bonds. The lowest BCUT2D eigenvalue weighted by Gasteiger charge is -2.18. The molecule has 0 atom stereocenters. The number of phenolic OH excluding ortho intramolecular Hbond substituents is 1. The SMILES string of the molecule is C#Cc1ccc2c(-c3c(OCCCCCC)ccc4cc(C#C)ccc34)c(O)ccc2c1. The van der Waals surface area contributed by atoms with Crippen molar-refractivity contribution in [1.82, 2.24) is 0 Å². The fourth-order valence-corrected chi connectivity index (χ4v) is 4.16. The van der Waals surface area contributed by atoms with Crippen LogP contribution in [0.5, 0.6) is 11.5 Å². The van der Waals surface area contributed by atoms with Crippen molar-refractivity contribution in [1.29, 1.82) is 0 Å². The zero-order chi connectivity index (χ0) is 22.5. The molecule has 0 aromatic heterocycles. The lowest BCUT2D eigenvalue weighted by molar-refractivity contribution is 0.306. The first-order valence-electron chi connectivity index (χ1n) is 11.0. The van der Waals surface area contributed by atoms with Gasteiger partial charge in [-0.15, -0.1) is 12.8 Å². The van der Waals surface area contributed by atoms with Gasteiger partial charge in [0.25, 0.3) is 0 Å². The second-order valence-corrected chi connectivity index (χ2v) is 7.97. The molecule has 0 aliphatic rings. The lowest BCUT2D eigenvalue weighted by Crippen LogP contribution is -2.00. The molecule has 0 bridgehead atoms. The Labute approximate surface area is 189 Å². The highest BCUT2D eigenvalue weighted by atomic mass is 16.5. The lowest BCUT2D eigenvalue weighted by atomic mass is 9.91. The van der Waals surface area contributed by atoms with Crippen LogP contribution in [-0.4, -0.2) is 11.7 Å². The van der Waals surface area contributed by atoms with Gasteiger partial charge in [0.1, 0.15) is 11.5 Å². The molecule has 32 heavy (non-hydrogen) atoms. The van der Waals surface area contributed by atoms with E-state index in [1.54, 1.807) is 6.07 Å². The predicted octanol–water partition coefficient (Wildman–Crippen LogP) is 7.29. The number of hydrogen-bond donors (Lipinski definition) is 1.